The van der Waals surface area contributed by atoms with E-state index in [1.807, 2.05) is 61.5 Å². The summed E-state index contributed by atoms with van der Waals surface area (Å²) in [6.07, 6.45) is 1.66. The number of hydrogen-bond acceptors (Lipinski definition) is 5. The summed E-state index contributed by atoms with van der Waals surface area (Å²) >= 11 is 0. The van der Waals surface area contributed by atoms with E-state index >= 15 is 0 Å². The molecule has 0 spiro atoms. The Morgan fingerprint density at radius 3 is 2.39 bits per heavy atom. The number of nitrogens with one attached hydrogen (secondary N) is 3. The third kappa shape index (κ3) is 7.55. The summed E-state index contributed by atoms with van der Waals surface area (Å²) in [7, 11) is 1.60. The van der Waals surface area contributed by atoms with E-state index in [0.29, 0.717) is 19.5 Å². The van der Waals surface area contributed by atoms with Crippen molar-refractivity contribution in [3.63, 3.8) is 0 Å². The van der Waals surface area contributed by atoms with E-state index in [9.17, 15) is 14.4 Å². The fourth-order valence-electron chi connectivity index (χ4n) is 4.15. The molecule has 3 amide bonds. The van der Waals surface area contributed by atoms with Gasteiger partial charge in [0.1, 0.15) is 23.9 Å². The topological polar surface area (TPSA) is 99.8 Å². The van der Waals surface area contributed by atoms with Crippen LogP contribution in [0.5, 0.6) is 5.75 Å². The lowest BCUT2D eigenvalue weighted by molar-refractivity contribution is -0.140. The van der Waals surface area contributed by atoms with E-state index in [1.165, 1.54) is 4.90 Å². The summed E-state index contributed by atoms with van der Waals surface area (Å²) in [5.41, 5.74) is 2.00. The van der Waals surface area contributed by atoms with Gasteiger partial charge < -0.3 is 25.6 Å². The number of carbonyl (C=O) groups is 3. The van der Waals surface area contributed by atoms with Crippen molar-refractivity contribution in [3.8, 4) is 5.75 Å². The van der Waals surface area contributed by atoms with Crippen LogP contribution in [-0.4, -0.2) is 67.0 Å². The van der Waals surface area contributed by atoms with Gasteiger partial charge in [0.15, 0.2) is 0 Å². The zero-order valence-electron chi connectivity index (χ0n) is 21.6. The van der Waals surface area contributed by atoms with Crippen molar-refractivity contribution in [1.82, 2.24) is 20.9 Å². The third-order valence-electron chi connectivity index (χ3n) is 6.53. The Balaban J connectivity index is 1.81. The predicted octanol–water partition coefficient (Wildman–Crippen LogP) is 2.07. The zero-order valence-corrected chi connectivity index (χ0v) is 21.6. The minimum Gasteiger partial charge on any atom is -0.489 e. The molecule has 0 aliphatic carbocycles. The van der Waals surface area contributed by atoms with Crippen molar-refractivity contribution in [2.75, 3.05) is 20.1 Å². The van der Waals surface area contributed by atoms with Gasteiger partial charge in [-0.15, -0.1) is 0 Å². The highest BCUT2D eigenvalue weighted by Crippen LogP contribution is 2.21. The first-order valence-electron chi connectivity index (χ1n) is 12.6. The average Bonchev–Trinajstić information content (AvgIpc) is 2.88. The summed E-state index contributed by atoms with van der Waals surface area (Å²) in [5, 5.41) is 9.07. The molecule has 0 saturated heterocycles. The third-order valence-corrected chi connectivity index (χ3v) is 6.53. The number of amides is 3. The van der Waals surface area contributed by atoms with Gasteiger partial charge in [-0.1, -0.05) is 48.5 Å². The van der Waals surface area contributed by atoms with E-state index in [2.05, 4.69) is 16.0 Å². The van der Waals surface area contributed by atoms with Crippen LogP contribution in [0.15, 0.2) is 54.6 Å². The maximum Gasteiger partial charge on any atom is 0.243 e. The van der Waals surface area contributed by atoms with E-state index in [1.54, 1.807) is 20.9 Å². The van der Waals surface area contributed by atoms with Crippen molar-refractivity contribution in [2.24, 2.45) is 0 Å². The molecule has 1 aliphatic rings. The molecule has 8 nitrogen and oxygen atoms in total. The van der Waals surface area contributed by atoms with Gasteiger partial charge in [0, 0.05) is 26.6 Å². The monoisotopic (exact) mass is 494 g/mol. The van der Waals surface area contributed by atoms with Crippen LogP contribution < -0.4 is 20.7 Å². The normalized spacial score (nSPS) is 25.0. The number of rotatable bonds is 2. The fraction of sp³-hybridized carbons (Fsp3) is 0.464. The number of carbonyl (C=O) groups excluding carboxylic acids is 3. The lowest BCUT2D eigenvalue weighted by atomic mass is 10.0. The second kappa shape index (κ2) is 13.1. The molecule has 8 heteroatoms. The molecule has 0 aromatic heterocycles. The standard InChI is InChI=1S/C28H38N4O4/c1-19-18-30-20(2)28(35)32(4)21(3)26(33)31-24(17-22-11-6-5-7-12-22)27(34)29-16-10-14-23-13-8-9-15-25(23)36-19/h5-9,11-13,15,19-21,24,30H,10,14,16-18H2,1-4H3,(H,29,34)(H,31,33)/t19-,20?,21+,24+/m0/s1. The molecule has 0 fully saturated rings. The van der Waals surface area contributed by atoms with E-state index in [4.69, 9.17) is 4.74 Å². The van der Waals surface area contributed by atoms with Gasteiger partial charge >= 0.3 is 0 Å². The molecule has 2 aromatic rings. The second-order valence-corrected chi connectivity index (χ2v) is 9.44. The fourth-order valence-corrected chi connectivity index (χ4v) is 4.15. The number of nitrogens with zero attached hydrogens (tertiary/aromatic N) is 1. The first-order valence-corrected chi connectivity index (χ1v) is 12.6. The predicted molar refractivity (Wildman–Crippen MR) is 140 cm³/mol. The molecule has 194 valence electrons. The highest BCUT2D eigenvalue weighted by atomic mass is 16.5. The molecule has 1 heterocycles. The van der Waals surface area contributed by atoms with Crippen molar-refractivity contribution in [3.05, 3.63) is 65.7 Å². The Hall–Kier alpha value is -3.39. The molecule has 3 rings (SSSR count). The van der Waals surface area contributed by atoms with Crippen LogP contribution in [0.2, 0.25) is 0 Å². The van der Waals surface area contributed by atoms with Gasteiger partial charge in [-0.05, 0) is 50.8 Å². The summed E-state index contributed by atoms with van der Waals surface area (Å²) in [4.78, 5) is 40.6. The first-order chi connectivity index (χ1) is 17.3. The Morgan fingerprint density at radius 1 is 0.944 bits per heavy atom. The van der Waals surface area contributed by atoms with E-state index in [0.717, 1.165) is 29.7 Å². The van der Waals surface area contributed by atoms with Gasteiger partial charge in [0.2, 0.25) is 17.7 Å². The molecular weight excluding hydrogens is 456 g/mol. The molecule has 0 radical (unpaired) electrons. The summed E-state index contributed by atoms with van der Waals surface area (Å²) in [5.74, 6) is -0.0304. The Bertz CT molecular complexity index is 1030. The lowest BCUT2D eigenvalue weighted by Crippen LogP contribution is -2.56. The summed E-state index contributed by atoms with van der Waals surface area (Å²) < 4.78 is 6.16. The van der Waals surface area contributed by atoms with Crippen LogP contribution in [0.1, 0.15) is 38.3 Å². The highest BCUT2D eigenvalue weighted by molar-refractivity contribution is 5.92. The molecule has 0 saturated carbocycles. The molecule has 3 N–H and O–H groups in total. The number of hydrogen-bond donors (Lipinski definition) is 3. The van der Waals surface area contributed by atoms with Crippen LogP contribution in [0, 0.1) is 0 Å². The number of fused-ring (bicyclic) bond motifs is 1. The number of benzene rings is 2. The van der Waals surface area contributed by atoms with Crippen LogP contribution in [-0.2, 0) is 27.2 Å². The Labute approximate surface area is 213 Å². The smallest absolute Gasteiger partial charge is 0.243 e. The van der Waals surface area contributed by atoms with Gasteiger partial charge in [0.05, 0.1) is 6.04 Å². The van der Waals surface area contributed by atoms with Gasteiger partial charge in [-0.25, -0.2) is 0 Å². The van der Waals surface area contributed by atoms with Crippen molar-refractivity contribution in [1.29, 1.82) is 0 Å². The van der Waals surface area contributed by atoms with Crippen LogP contribution >= 0.6 is 0 Å². The maximum atomic E-state index is 13.1. The number of ether oxygens (including phenoxy) is 1. The largest absolute Gasteiger partial charge is 0.489 e. The van der Waals surface area contributed by atoms with Gasteiger partial charge in [0.25, 0.3) is 0 Å². The molecule has 2 aromatic carbocycles. The maximum absolute atomic E-state index is 13.1. The molecule has 1 aliphatic heterocycles. The van der Waals surface area contributed by atoms with E-state index in [-0.39, 0.29) is 23.8 Å². The number of aryl methyl sites for hydroxylation is 1. The second-order valence-electron chi connectivity index (χ2n) is 9.44. The van der Waals surface area contributed by atoms with Crippen LogP contribution in [0.3, 0.4) is 0 Å². The van der Waals surface area contributed by atoms with Crippen LogP contribution in [0.25, 0.3) is 0 Å². The van der Waals surface area contributed by atoms with Gasteiger partial charge in [-0.3, -0.25) is 14.4 Å². The Morgan fingerprint density at radius 2 is 1.64 bits per heavy atom. The lowest BCUT2D eigenvalue weighted by Gasteiger charge is -2.29. The van der Waals surface area contributed by atoms with Crippen molar-refractivity contribution in [2.45, 2.75) is 64.3 Å². The SMILES string of the molecule is CC1NC[C@H](C)Oc2ccccc2CCCNC(=O)[C@@H](Cc2ccccc2)NC(=O)[C@@H](C)N(C)C1=O. The quantitative estimate of drug-likeness (QED) is 0.594. The summed E-state index contributed by atoms with van der Waals surface area (Å²) in [6.45, 7) is 6.33. The van der Waals surface area contributed by atoms with Crippen molar-refractivity contribution >= 4 is 17.7 Å². The molecular formula is C28H38N4O4. The highest BCUT2D eigenvalue weighted by Gasteiger charge is 2.29. The number of likely N-dealkylation sites (N-methyl/N-ethyl adjacent to an activating group) is 1. The molecule has 36 heavy (non-hydrogen) atoms. The van der Waals surface area contributed by atoms with Crippen LogP contribution in [0.4, 0.5) is 0 Å². The Kier molecular flexibility index (Phi) is 9.87. The molecule has 4 atom stereocenters. The van der Waals surface area contributed by atoms with E-state index < -0.39 is 18.1 Å². The summed E-state index contributed by atoms with van der Waals surface area (Å²) in [6, 6.07) is 15.4. The average molecular weight is 495 g/mol. The first kappa shape index (κ1) is 27.2. The number of para-hydroxylation sites is 1. The molecule has 1 unspecified atom stereocenters. The minimum absolute atomic E-state index is 0.162. The van der Waals surface area contributed by atoms with Gasteiger partial charge in [-0.2, -0.15) is 0 Å². The van der Waals surface area contributed by atoms with Crippen molar-refractivity contribution < 1.29 is 19.1 Å². The zero-order chi connectivity index (χ0) is 26.1. The minimum atomic E-state index is -0.753. The molecule has 0 bridgehead atoms.